The topological polar surface area (TPSA) is 80.4 Å². The lowest BCUT2D eigenvalue weighted by molar-refractivity contribution is 0.291. The fraction of sp³-hybridized carbons (Fsp3) is 0.375. The van der Waals surface area contributed by atoms with E-state index in [-0.39, 0.29) is 5.82 Å². The third-order valence-electron chi connectivity index (χ3n) is 1.83. The largest absolute Gasteiger partial charge is 0.474 e. The molecule has 5 heteroatoms. The SMILES string of the molecule is Nc1nc(OC2CC2)ccc1NO. The highest BCUT2D eigenvalue weighted by atomic mass is 16.5. The van der Waals surface area contributed by atoms with E-state index < -0.39 is 0 Å². The fourth-order valence-electron chi connectivity index (χ4n) is 0.973. The first-order valence-electron chi connectivity index (χ1n) is 4.13. The van der Waals surface area contributed by atoms with Crippen LogP contribution in [0.1, 0.15) is 12.8 Å². The Balaban J connectivity index is 2.13. The first-order valence-corrected chi connectivity index (χ1v) is 4.13. The first-order chi connectivity index (χ1) is 6.29. The Morgan fingerprint density at radius 3 is 2.85 bits per heavy atom. The molecule has 0 saturated heterocycles. The van der Waals surface area contributed by atoms with Gasteiger partial charge in [-0.3, -0.25) is 10.7 Å². The molecule has 1 aromatic heterocycles. The second-order valence-corrected chi connectivity index (χ2v) is 3.01. The monoisotopic (exact) mass is 181 g/mol. The predicted octanol–water partition coefficient (Wildman–Crippen LogP) is 1.01. The highest BCUT2D eigenvalue weighted by molar-refractivity contribution is 5.60. The van der Waals surface area contributed by atoms with Crippen molar-refractivity contribution in [2.45, 2.75) is 18.9 Å². The highest BCUT2D eigenvalue weighted by Crippen LogP contribution is 2.27. The normalized spacial score (nSPS) is 15.5. The van der Waals surface area contributed by atoms with Gasteiger partial charge in [-0.25, -0.2) is 0 Å². The molecule has 1 saturated carbocycles. The quantitative estimate of drug-likeness (QED) is 0.606. The van der Waals surface area contributed by atoms with Crippen molar-refractivity contribution >= 4 is 11.5 Å². The number of nitrogens with zero attached hydrogens (tertiary/aromatic N) is 1. The van der Waals surface area contributed by atoms with Crippen molar-refractivity contribution in [1.29, 1.82) is 0 Å². The molecule has 0 bridgehead atoms. The number of ether oxygens (including phenoxy) is 1. The van der Waals surface area contributed by atoms with E-state index in [1.165, 1.54) is 0 Å². The Kier molecular flexibility index (Phi) is 1.94. The number of anilines is 2. The molecule has 0 aromatic carbocycles. The molecule has 13 heavy (non-hydrogen) atoms. The number of hydrogen-bond acceptors (Lipinski definition) is 5. The molecule has 1 fully saturated rings. The number of nitrogens with one attached hydrogen (secondary N) is 1. The van der Waals surface area contributed by atoms with E-state index in [4.69, 9.17) is 15.7 Å². The van der Waals surface area contributed by atoms with Gasteiger partial charge in [-0.05, 0) is 18.9 Å². The van der Waals surface area contributed by atoms with Crippen LogP contribution in [0.3, 0.4) is 0 Å². The molecule has 1 aromatic rings. The van der Waals surface area contributed by atoms with Crippen LogP contribution in [0.2, 0.25) is 0 Å². The van der Waals surface area contributed by atoms with Crippen molar-refractivity contribution in [3.05, 3.63) is 12.1 Å². The number of rotatable bonds is 3. The van der Waals surface area contributed by atoms with E-state index in [9.17, 15) is 0 Å². The van der Waals surface area contributed by atoms with Crippen LogP contribution >= 0.6 is 0 Å². The van der Waals surface area contributed by atoms with Crippen LogP contribution in [-0.2, 0) is 0 Å². The maximum atomic E-state index is 8.59. The Morgan fingerprint density at radius 2 is 2.31 bits per heavy atom. The number of nitrogen functional groups attached to an aromatic ring is 1. The molecule has 70 valence electrons. The van der Waals surface area contributed by atoms with Gasteiger partial charge < -0.3 is 10.5 Å². The van der Waals surface area contributed by atoms with Crippen molar-refractivity contribution < 1.29 is 9.94 Å². The summed E-state index contributed by atoms with van der Waals surface area (Å²) >= 11 is 0. The van der Waals surface area contributed by atoms with Crippen LogP contribution < -0.4 is 16.0 Å². The zero-order valence-electron chi connectivity index (χ0n) is 7.03. The van der Waals surface area contributed by atoms with E-state index in [2.05, 4.69) is 4.98 Å². The molecule has 1 heterocycles. The van der Waals surface area contributed by atoms with Crippen molar-refractivity contribution in [2.75, 3.05) is 11.2 Å². The van der Waals surface area contributed by atoms with Gasteiger partial charge >= 0.3 is 0 Å². The second-order valence-electron chi connectivity index (χ2n) is 3.01. The number of pyridine rings is 1. The molecule has 0 atom stereocenters. The van der Waals surface area contributed by atoms with Gasteiger partial charge in [0.15, 0.2) is 5.82 Å². The molecule has 1 aliphatic carbocycles. The molecule has 0 amide bonds. The Bertz CT molecular complexity index is 312. The van der Waals surface area contributed by atoms with Gasteiger partial charge in [-0.15, -0.1) is 0 Å². The predicted molar refractivity (Wildman–Crippen MR) is 47.7 cm³/mol. The van der Waals surface area contributed by atoms with Crippen LogP contribution in [0.25, 0.3) is 0 Å². The summed E-state index contributed by atoms with van der Waals surface area (Å²) in [4.78, 5) is 3.96. The van der Waals surface area contributed by atoms with Crippen LogP contribution in [0.4, 0.5) is 11.5 Å². The van der Waals surface area contributed by atoms with Crippen molar-refractivity contribution in [2.24, 2.45) is 0 Å². The number of hydrogen-bond donors (Lipinski definition) is 3. The molecule has 4 N–H and O–H groups in total. The van der Waals surface area contributed by atoms with Crippen LogP contribution in [0.15, 0.2) is 12.1 Å². The standard InChI is InChI=1S/C8H11N3O2/c9-8-6(11-12)3-4-7(10-8)13-5-1-2-5/h3-5,11-12H,1-2H2,(H2,9,10). The minimum atomic E-state index is 0.237. The first kappa shape index (κ1) is 8.12. The summed E-state index contributed by atoms with van der Waals surface area (Å²) < 4.78 is 5.41. The van der Waals surface area contributed by atoms with E-state index in [1.54, 1.807) is 12.1 Å². The molecule has 2 rings (SSSR count). The van der Waals surface area contributed by atoms with Crippen LogP contribution in [-0.4, -0.2) is 16.3 Å². The van der Waals surface area contributed by atoms with Crippen LogP contribution in [0.5, 0.6) is 5.88 Å². The van der Waals surface area contributed by atoms with Crippen molar-refractivity contribution in [3.8, 4) is 5.88 Å². The van der Waals surface area contributed by atoms with E-state index in [1.807, 2.05) is 5.48 Å². The fourth-order valence-corrected chi connectivity index (χ4v) is 0.973. The summed E-state index contributed by atoms with van der Waals surface area (Å²) in [5.41, 5.74) is 7.85. The molecule has 5 nitrogen and oxygen atoms in total. The molecule has 0 radical (unpaired) electrons. The average molecular weight is 181 g/mol. The third-order valence-corrected chi connectivity index (χ3v) is 1.83. The summed E-state index contributed by atoms with van der Waals surface area (Å²) in [6.45, 7) is 0. The summed E-state index contributed by atoms with van der Waals surface area (Å²) in [6.07, 6.45) is 2.48. The van der Waals surface area contributed by atoms with Gasteiger partial charge in [-0.1, -0.05) is 0 Å². The maximum absolute atomic E-state index is 8.59. The Morgan fingerprint density at radius 1 is 1.54 bits per heavy atom. The lowest BCUT2D eigenvalue weighted by atomic mass is 10.4. The summed E-state index contributed by atoms with van der Waals surface area (Å²) in [7, 11) is 0. The van der Waals surface area contributed by atoms with Crippen LogP contribution in [0, 0.1) is 0 Å². The Labute approximate surface area is 75.5 Å². The number of aromatic nitrogens is 1. The smallest absolute Gasteiger partial charge is 0.215 e. The number of nitrogens with two attached hydrogens (primary N) is 1. The van der Waals surface area contributed by atoms with Gasteiger partial charge in [0.1, 0.15) is 11.8 Å². The maximum Gasteiger partial charge on any atom is 0.215 e. The lowest BCUT2D eigenvalue weighted by Crippen LogP contribution is -2.03. The van der Waals surface area contributed by atoms with Gasteiger partial charge in [0.25, 0.3) is 0 Å². The average Bonchev–Trinajstić information content (AvgIpc) is 2.89. The molecule has 0 unspecified atom stereocenters. The zero-order chi connectivity index (χ0) is 9.26. The van der Waals surface area contributed by atoms with Gasteiger partial charge in [0.2, 0.25) is 5.88 Å². The Hall–Kier alpha value is -1.49. The molecule has 0 aliphatic heterocycles. The van der Waals surface area contributed by atoms with E-state index in [0.29, 0.717) is 17.7 Å². The molecular weight excluding hydrogens is 170 g/mol. The van der Waals surface area contributed by atoms with Gasteiger partial charge in [0.05, 0.1) is 0 Å². The van der Waals surface area contributed by atoms with E-state index in [0.717, 1.165) is 12.8 Å². The molecular formula is C8H11N3O2. The minimum absolute atomic E-state index is 0.237. The van der Waals surface area contributed by atoms with Crippen molar-refractivity contribution in [1.82, 2.24) is 4.98 Å². The molecule has 1 aliphatic rings. The van der Waals surface area contributed by atoms with Gasteiger partial charge in [0, 0.05) is 6.07 Å². The summed E-state index contributed by atoms with van der Waals surface area (Å²) in [5.74, 6) is 0.750. The molecule has 0 spiro atoms. The summed E-state index contributed by atoms with van der Waals surface area (Å²) in [6, 6.07) is 3.30. The van der Waals surface area contributed by atoms with Crippen molar-refractivity contribution in [3.63, 3.8) is 0 Å². The summed E-state index contributed by atoms with van der Waals surface area (Å²) in [5, 5.41) is 8.59. The van der Waals surface area contributed by atoms with E-state index >= 15 is 0 Å². The zero-order valence-corrected chi connectivity index (χ0v) is 7.03. The highest BCUT2D eigenvalue weighted by Gasteiger charge is 2.24. The lowest BCUT2D eigenvalue weighted by Gasteiger charge is -2.06. The van der Waals surface area contributed by atoms with Gasteiger partial charge in [-0.2, -0.15) is 4.98 Å². The third kappa shape index (κ3) is 1.81. The second kappa shape index (κ2) is 3.10. The minimum Gasteiger partial charge on any atom is -0.474 e.